The predicted molar refractivity (Wildman–Crippen MR) is 91.6 cm³/mol. The molecule has 4 heteroatoms. The molecule has 1 atom stereocenters. The number of carbonyl (C=O) groups is 1. The quantitative estimate of drug-likeness (QED) is 0.819. The molecule has 2 aromatic carbocycles. The SMILES string of the molecule is CCC(CC(=O)Nc1cccc(CO)c1)c1ccc(OC)cc1. The lowest BCUT2D eigenvalue weighted by molar-refractivity contribution is -0.116. The molecular weight excluding hydrogens is 290 g/mol. The fourth-order valence-electron chi connectivity index (χ4n) is 2.56. The van der Waals surface area contributed by atoms with Gasteiger partial charge in [0.1, 0.15) is 5.75 Å². The Balaban J connectivity index is 2.01. The van der Waals surface area contributed by atoms with E-state index < -0.39 is 0 Å². The molecule has 0 bridgehead atoms. The molecule has 122 valence electrons. The molecule has 2 aromatic rings. The highest BCUT2D eigenvalue weighted by atomic mass is 16.5. The molecule has 1 amide bonds. The summed E-state index contributed by atoms with van der Waals surface area (Å²) in [6.07, 6.45) is 1.31. The number of aliphatic hydroxyl groups is 1. The van der Waals surface area contributed by atoms with Gasteiger partial charge >= 0.3 is 0 Å². The minimum Gasteiger partial charge on any atom is -0.497 e. The summed E-state index contributed by atoms with van der Waals surface area (Å²) in [5.74, 6) is 0.957. The topological polar surface area (TPSA) is 58.6 Å². The van der Waals surface area contributed by atoms with Crippen molar-refractivity contribution in [1.29, 1.82) is 0 Å². The first-order valence-electron chi connectivity index (χ1n) is 7.79. The zero-order valence-corrected chi connectivity index (χ0v) is 13.6. The van der Waals surface area contributed by atoms with Crippen LogP contribution in [0.2, 0.25) is 0 Å². The first-order chi connectivity index (χ1) is 11.2. The molecule has 0 saturated heterocycles. The normalized spacial score (nSPS) is 11.8. The van der Waals surface area contributed by atoms with Gasteiger partial charge in [-0.25, -0.2) is 0 Å². The second-order valence-corrected chi connectivity index (χ2v) is 5.49. The lowest BCUT2D eigenvalue weighted by Gasteiger charge is -2.16. The van der Waals surface area contributed by atoms with E-state index in [0.717, 1.165) is 23.3 Å². The van der Waals surface area contributed by atoms with Gasteiger partial charge in [0.15, 0.2) is 0 Å². The fourth-order valence-corrected chi connectivity index (χ4v) is 2.56. The summed E-state index contributed by atoms with van der Waals surface area (Å²) in [5, 5.41) is 12.0. The third kappa shape index (κ3) is 4.83. The summed E-state index contributed by atoms with van der Waals surface area (Å²) < 4.78 is 5.16. The maximum Gasteiger partial charge on any atom is 0.224 e. The minimum absolute atomic E-state index is 0.0252. The third-order valence-corrected chi connectivity index (χ3v) is 3.91. The smallest absolute Gasteiger partial charge is 0.224 e. The van der Waals surface area contributed by atoms with Gasteiger partial charge in [-0.15, -0.1) is 0 Å². The molecule has 0 aliphatic heterocycles. The van der Waals surface area contributed by atoms with E-state index in [9.17, 15) is 4.79 Å². The number of hydrogen-bond donors (Lipinski definition) is 2. The summed E-state index contributed by atoms with van der Waals surface area (Å²) >= 11 is 0. The van der Waals surface area contributed by atoms with Crippen LogP contribution < -0.4 is 10.1 Å². The van der Waals surface area contributed by atoms with Crippen LogP contribution in [0.25, 0.3) is 0 Å². The second kappa shape index (κ2) is 8.34. The van der Waals surface area contributed by atoms with Crippen LogP contribution in [0.5, 0.6) is 5.75 Å². The number of amides is 1. The van der Waals surface area contributed by atoms with Gasteiger partial charge < -0.3 is 15.2 Å². The van der Waals surface area contributed by atoms with E-state index in [0.29, 0.717) is 12.1 Å². The number of rotatable bonds is 7. The average molecular weight is 313 g/mol. The lowest BCUT2D eigenvalue weighted by atomic mass is 9.93. The van der Waals surface area contributed by atoms with Gasteiger partial charge in [-0.05, 0) is 47.7 Å². The molecule has 4 nitrogen and oxygen atoms in total. The fraction of sp³-hybridized carbons (Fsp3) is 0.316. The van der Waals surface area contributed by atoms with Crippen LogP contribution in [0.1, 0.15) is 36.8 Å². The van der Waals surface area contributed by atoms with Crippen LogP contribution in [0, 0.1) is 0 Å². The van der Waals surface area contributed by atoms with E-state index in [2.05, 4.69) is 12.2 Å². The van der Waals surface area contributed by atoms with Crippen molar-refractivity contribution in [2.24, 2.45) is 0 Å². The molecule has 23 heavy (non-hydrogen) atoms. The minimum atomic E-state index is -0.0346. The molecule has 0 heterocycles. The highest BCUT2D eigenvalue weighted by molar-refractivity contribution is 5.91. The number of carbonyl (C=O) groups excluding carboxylic acids is 1. The first-order valence-corrected chi connectivity index (χ1v) is 7.79. The van der Waals surface area contributed by atoms with Crippen LogP contribution in [0.15, 0.2) is 48.5 Å². The van der Waals surface area contributed by atoms with Crippen molar-refractivity contribution in [1.82, 2.24) is 0 Å². The number of nitrogens with one attached hydrogen (secondary N) is 1. The van der Waals surface area contributed by atoms with Gasteiger partial charge in [-0.2, -0.15) is 0 Å². The summed E-state index contributed by atoms with van der Waals surface area (Å²) in [7, 11) is 1.64. The predicted octanol–water partition coefficient (Wildman–Crippen LogP) is 3.71. The second-order valence-electron chi connectivity index (χ2n) is 5.49. The number of anilines is 1. The summed E-state index contributed by atoms with van der Waals surface area (Å²) in [6.45, 7) is 2.04. The maximum atomic E-state index is 12.3. The van der Waals surface area contributed by atoms with Gasteiger partial charge in [0, 0.05) is 12.1 Å². The van der Waals surface area contributed by atoms with Crippen molar-refractivity contribution in [3.63, 3.8) is 0 Å². The number of methoxy groups -OCH3 is 1. The van der Waals surface area contributed by atoms with E-state index in [1.54, 1.807) is 13.2 Å². The number of aliphatic hydroxyl groups excluding tert-OH is 1. The zero-order chi connectivity index (χ0) is 16.7. The Bertz CT molecular complexity index is 637. The van der Waals surface area contributed by atoms with E-state index in [4.69, 9.17) is 9.84 Å². The molecule has 1 unspecified atom stereocenters. The number of hydrogen-bond acceptors (Lipinski definition) is 3. The van der Waals surface area contributed by atoms with Crippen molar-refractivity contribution in [3.8, 4) is 5.75 Å². The number of benzene rings is 2. The highest BCUT2D eigenvalue weighted by Gasteiger charge is 2.14. The molecule has 0 saturated carbocycles. The standard InChI is InChI=1S/C19H23NO3/c1-3-15(16-7-9-18(23-2)10-8-16)12-19(22)20-17-6-4-5-14(11-17)13-21/h4-11,15,21H,3,12-13H2,1-2H3,(H,20,22). The van der Waals surface area contributed by atoms with Crippen molar-refractivity contribution >= 4 is 11.6 Å². The molecule has 2 rings (SSSR count). The Labute approximate surface area is 137 Å². The Hall–Kier alpha value is -2.33. The average Bonchev–Trinajstić information content (AvgIpc) is 2.60. The maximum absolute atomic E-state index is 12.3. The Morgan fingerprint density at radius 3 is 2.57 bits per heavy atom. The van der Waals surface area contributed by atoms with Crippen LogP contribution in [-0.2, 0) is 11.4 Å². The third-order valence-electron chi connectivity index (χ3n) is 3.91. The van der Waals surface area contributed by atoms with Gasteiger partial charge in [0.2, 0.25) is 5.91 Å². The van der Waals surface area contributed by atoms with Gasteiger partial charge in [0.05, 0.1) is 13.7 Å². The molecule has 2 N–H and O–H groups in total. The summed E-state index contributed by atoms with van der Waals surface area (Å²) in [5.41, 5.74) is 2.63. The lowest BCUT2D eigenvalue weighted by Crippen LogP contribution is -2.15. The molecule has 0 aromatic heterocycles. The molecule has 0 radical (unpaired) electrons. The van der Waals surface area contributed by atoms with Crippen LogP contribution in [0.3, 0.4) is 0 Å². The first kappa shape index (κ1) is 17.0. The van der Waals surface area contributed by atoms with Crippen molar-refractivity contribution in [3.05, 3.63) is 59.7 Å². The molecule has 0 spiro atoms. The number of ether oxygens (including phenoxy) is 1. The Morgan fingerprint density at radius 2 is 1.96 bits per heavy atom. The van der Waals surface area contributed by atoms with Crippen molar-refractivity contribution in [2.75, 3.05) is 12.4 Å². The van der Waals surface area contributed by atoms with Crippen LogP contribution in [0.4, 0.5) is 5.69 Å². The van der Waals surface area contributed by atoms with Crippen LogP contribution in [-0.4, -0.2) is 18.1 Å². The van der Waals surface area contributed by atoms with E-state index >= 15 is 0 Å². The van der Waals surface area contributed by atoms with Gasteiger partial charge in [-0.3, -0.25) is 4.79 Å². The Morgan fingerprint density at radius 1 is 1.22 bits per heavy atom. The molecule has 0 fully saturated rings. The summed E-state index contributed by atoms with van der Waals surface area (Å²) in [4.78, 5) is 12.3. The molecule has 0 aliphatic carbocycles. The van der Waals surface area contributed by atoms with Gasteiger partial charge in [-0.1, -0.05) is 31.2 Å². The van der Waals surface area contributed by atoms with E-state index in [1.165, 1.54) is 0 Å². The van der Waals surface area contributed by atoms with Gasteiger partial charge in [0.25, 0.3) is 0 Å². The van der Waals surface area contributed by atoms with E-state index in [-0.39, 0.29) is 18.4 Å². The van der Waals surface area contributed by atoms with E-state index in [1.807, 2.05) is 42.5 Å². The Kier molecular flexibility index (Phi) is 6.18. The largest absolute Gasteiger partial charge is 0.497 e. The highest BCUT2D eigenvalue weighted by Crippen LogP contribution is 2.26. The van der Waals surface area contributed by atoms with Crippen molar-refractivity contribution in [2.45, 2.75) is 32.3 Å². The molecular formula is C19H23NO3. The van der Waals surface area contributed by atoms with Crippen molar-refractivity contribution < 1.29 is 14.6 Å². The molecule has 0 aliphatic rings. The monoisotopic (exact) mass is 313 g/mol. The summed E-state index contributed by atoms with van der Waals surface area (Å²) in [6, 6.07) is 15.1. The zero-order valence-electron chi connectivity index (χ0n) is 13.6. The van der Waals surface area contributed by atoms with Crippen LogP contribution >= 0.6 is 0 Å².